The van der Waals surface area contributed by atoms with Crippen molar-refractivity contribution >= 4 is 11.5 Å². The topological polar surface area (TPSA) is 52.3 Å². The Labute approximate surface area is 90.2 Å². The average molecular weight is 207 g/mol. The Kier molecular flexibility index (Phi) is 3.35. The predicted octanol–water partition coefficient (Wildman–Crippen LogP) is 2.26. The van der Waals surface area contributed by atoms with Crippen LogP contribution in [0.5, 0.6) is 5.75 Å². The molecule has 0 spiro atoms. The van der Waals surface area contributed by atoms with Gasteiger partial charge in [-0.15, -0.1) is 0 Å². The van der Waals surface area contributed by atoms with Crippen molar-refractivity contribution in [3.05, 3.63) is 24.3 Å². The summed E-state index contributed by atoms with van der Waals surface area (Å²) in [4.78, 5) is 11.6. The Morgan fingerprint density at radius 3 is 2.47 bits per heavy atom. The lowest BCUT2D eigenvalue weighted by atomic mass is 9.91. The zero-order valence-corrected chi connectivity index (χ0v) is 9.41. The number of rotatable bonds is 3. The fourth-order valence-electron chi connectivity index (χ4n) is 0.972. The number of Topliss-reactive ketones (excluding diaryl/α,β-unsaturated/α-hetero) is 1. The van der Waals surface area contributed by atoms with Crippen LogP contribution in [0.4, 0.5) is 5.69 Å². The summed E-state index contributed by atoms with van der Waals surface area (Å²) in [6.07, 6.45) is 0. The highest BCUT2D eigenvalue weighted by Gasteiger charge is 2.21. The molecule has 0 heterocycles. The third kappa shape index (κ3) is 3.27. The third-order valence-corrected chi connectivity index (χ3v) is 2.11. The molecule has 3 heteroatoms. The molecule has 0 aromatic heterocycles. The van der Waals surface area contributed by atoms with E-state index < -0.39 is 0 Å². The van der Waals surface area contributed by atoms with E-state index in [1.54, 1.807) is 12.1 Å². The molecule has 0 saturated heterocycles. The first-order chi connectivity index (χ1) is 6.91. The number of anilines is 1. The molecule has 3 nitrogen and oxygen atoms in total. The zero-order chi connectivity index (χ0) is 11.5. The number of nitrogens with two attached hydrogens (primary N) is 1. The fraction of sp³-hybridized carbons (Fsp3) is 0.417. The number of benzene rings is 1. The van der Waals surface area contributed by atoms with E-state index in [-0.39, 0.29) is 17.8 Å². The Balaban J connectivity index is 2.59. The first kappa shape index (κ1) is 11.6. The number of carbonyl (C=O) groups excluding carboxylic acids is 1. The lowest BCUT2D eigenvalue weighted by Crippen LogP contribution is -2.26. The van der Waals surface area contributed by atoms with E-state index >= 15 is 0 Å². The van der Waals surface area contributed by atoms with Gasteiger partial charge in [0.2, 0.25) is 0 Å². The summed E-state index contributed by atoms with van der Waals surface area (Å²) >= 11 is 0. The number of ether oxygens (including phenoxy) is 1. The molecule has 15 heavy (non-hydrogen) atoms. The lowest BCUT2D eigenvalue weighted by molar-refractivity contribution is -0.128. The Hall–Kier alpha value is -1.51. The molecule has 0 radical (unpaired) electrons. The predicted molar refractivity (Wildman–Crippen MR) is 60.8 cm³/mol. The minimum Gasteiger partial charge on any atom is -0.484 e. The summed E-state index contributed by atoms with van der Waals surface area (Å²) < 4.78 is 5.35. The molecule has 0 saturated carbocycles. The molecule has 82 valence electrons. The van der Waals surface area contributed by atoms with Crippen LogP contribution in [0.2, 0.25) is 0 Å². The molecule has 2 N–H and O–H groups in total. The second kappa shape index (κ2) is 4.34. The van der Waals surface area contributed by atoms with Crippen molar-refractivity contribution in [3.63, 3.8) is 0 Å². The van der Waals surface area contributed by atoms with Crippen LogP contribution in [-0.4, -0.2) is 12.4 Å². The van der Waals surface area contributed by atoms with Crippen molar-refractivity contribution in [2.24, 2.45) is 5.41 Å². The van der Waals surface area contributed by atoms with Gasteiger partial charge in [-0.3, -0.25) is 4.79 Å². The van der Waals surface area contributed by atoms with Crippen LogP contribution < -0.4 is 10.5 Å². The molecule has 0 aliphatic heterocycles. The second-order valence-corrected chi connectivity index (χ2v) is 4.50. The van der Waals surface area contributed by atoms with E-state index in [1.807, 2.05) is 32.9 Å². The molecule has 0 unspecified atom stereocenters. The maximum absolute atomic E-state index is 11.6. The molecule has 0 amide bonds. The van der Waals surface area contributed by atoms with Gasteiger partial charge in [-0.05, 0) is 12.1 Å². The van der Waals surface area contributed by atoms with Crippen molar-refractivity contribution in [1.82, 2.24) is 0 Å². The van der Waals surface area contributed by atoms with E-state index in [2.05, 4.69) is 0 Å². The smallest absolute Gasteiger partial charge is 0.175 e. The Morgan fingerprint density at radius 1 is 1.33 bits per heavy atom. The largest absolute Gasteiger partial charge is 0.484 e. The molecule has 0 bridgehead atoms. The van der Waals surface area contributed by atoms with Gasteiger partial charge in [0.15, 0.2) is 5.78 Å². The summed E-state index contributed by atoms with van der Waals surface area (Å²) in [5.41, 5.74) is 5.86. The summed E-state index contributed by atoms with van der Waals surface area (Å²) in [5.74, 6) is 0.626. The van der Waals surface area contributed by atoms with Gasteiger partial charge in [-0.1, -0.05) is 32.9 Å². The standard InChI is InChI=1S/C12H17NO2/c1-12(2,3)11(14)8-15-10-7-5-4-6-9(10)13/h4-7H,8,13H2,1-3H3. The van der Waals surface area contributed by atoms with Gasteiger partial charge in [0.05, 0.1) is 5.69 Å². The normalized spacial score (nSPS) is 11.1. The third-order valence-electron chi connectivity index (χ3n) is 2.11. The molecular formula is C12H17NO2. The fourth-order valence-corrected chi connectivity index (χ4v) is 0.972. The molecule has 0 aliphatic carbocycles. The van der Waals surface area contributed by atoms with Crippen LogP contribution in [0, 0.1) is 5.41 Å². The number of ketones is 1. The minimum atomic E-state index is -0.371. The molecule has 0 fully saturated rings. The van der Waals surface area contributed by atoms with E-state index in [0.717, 1.165) is 0 Å². The van der Waals surface area contributed by atoms with Gasteiger partial charge >= 0.3 is 0 Å². The summed E-state index contributed by atoms with van der Waals surface area (Å²) in [6.45, 7) is 5.67. The quantitative estimate of drug-likeness (QED) is 0.773. The molecule has 1 aromatic carbocycles. The molecular weight excluding hydrogens is 190 g/mol. The first-order valence-corrected chi connectivity index (χ1v) is 4.92. The lowest BCUT2D eigenvalue weighted by Gasteiger charge is -2.17. The maximum atomic E-state index is 11.6. The van der Waals surface area contributed by atoms with E-state index in [9.17, 15) is 4.79 Å². The molecule has 0 aliphatic rings. The van der Waals surface area contributed by atoms with Gasteiger partial charge in [0.1, 0.15) is 12.4 Å². The number of hydrogen-bond acceptors (Lipinski definition) is 3. The second-order valence-electron chi connectivity index (χ2n) is 4.50. The highest BCUT2D eigenvalue weighted by molar-refractivity contribution is 5.85. The van der Waals surface area contributed by atoms with Crippen LogP contribution in [0.25, 0.3) is 0 Å². The minimum absolute atomic E-state index is 0.0609. The summed E-state index contributed by atoms with van der Waals surface area (Å²) in [6, 6.07) is 7.16. The van der Waals surface area contributed by atoms with Crippen LogP contribution in [0.15, 0.2) is 24.3 Å². The zero-order valence-electron chi connectivity index (χ0n) is 9.41. The molecule has 1 aromatic rings. The summed E-state index contributed by atoms with van der Waals surface area (Å²) in [7, 11) is 0. The van der Waals surface area contributed by atoms with Gasteiger partial charge < -0.3 is 10.5 Å². The van der Waals surface area contributed by atoms with Gasteiger partial charge in [-0.25, -0.2) is 0 Å². The average Bonchev–Trinajstić information content (AvgIpc) is 2.14. The van der Waals surface area contributed by atoms with Crippen molar-refractivity contribution in [2.45, 2.75) is 20.8 Å². The molecule has 0 atom stereocenters. The van der Waals surface area contributed by atoms with Crippen molar-refractivity contribution in [1.29, 1.82) is 0 Å². The van der Waals surface area contributed by atoms with Crippen LogP contribution in [0.3, 0.4) is 0 Å². The van der Waals surface area contributed by atoms with Gasteiger partial charge in [0.25, 0.3) is 0 Å². The highest BCUT2D eigenvalue weighted by atomic mass is 16.5. The number of nitrogen functional groups attached to an aromatic ring is 1. The van der Waals surface area contributed by atoms with Crippen LogP contribution in [-0.2, 0) is 4.79 Å². The van der Waals surface area contributed by atoms with Gasteiger partial charge in [-0.2, -0.15) is 0 Å². The number of hydrogen-bond donors (Lipinski definition) is 1. The van der Waals surface area contributed by atoms with Crippen molar-refractivity contribution in [2.75, 3.05) is 12.3 Å². The van der Waals surface area contributed by atoms with Gasteiger partial charge in [0, 0.05) is 5.41 Å². The molecule has 1 rings (SSSR count). The van der Waals surface area contributed by atoms with Crippen LogP contribution >= 0.6 is 0 Å². The van der Waals surface area contributed by atoms with Crippen molar-refractivity contribution < 1.29 is 9.53 Å². The monoisotopic (exact) mass is 207 g/mol. The first-order valence-electron chi connectivity index (χ1n) is 4.92. The SMILES string of the molecule is CC(C)(C)C(=O)COc1ccccc1N. The maximum Gasteiger partial charge on any atom is 0.175 e. The summed E-state index contributed by atoms with van der Waals surface area (Å²) in [5, 5.41) is 0. The van der Waals surface area contributed by atoms with Crippen molar-refractivity contribution in [3.8, 4) is 5.75 Å². The Morgan fingerprint density at radius 2 is 1.93 bits per heavy atom. The van der Waals surface area contributed by atoms with E-state index in [1.165, 1.54) is 0 Å². The van der Waals surface area contributed by atoms with E-state index in [0.29, 0.717) is 11.4 Å². The highest BCUT2D eigenvalue weighted by Crippen LogP contribution is 2.21. The van der Waals surface area contributed by atoms with E-state index in [4.69, 9.17) is 10.5 Å². The Bertz CT molecular complexity index is 353. The number of carbonyl (C=O) groups is 1. The number of para-hydroxylation sites is 2. The van der Waals surface area contributed by atoms with Crippen LogP contribution in [0.1, 0.15) is 20.8 Å².